The van der Waals surface area contributed by atoms with Crippen LogP contribution in [0.2, 0.25) is 0 Å². The smallest absolute Gasteiger partial charge is 0.0172 e. The summed E-state index contributed by atoms with van der Waals surface area (Å²) in [5.41, 5.74) is 0.355. The zero-order chi connectivity index (χ0) is 14.0. The molecule has 1 rings (SSSR count). The van der Waals surface area contributed by atoms with E-state index in [-0.39, 0.29) is 4.75 Å². The summed E-state index contributed by atoms with van der Waals surface area (Å²) in [5, 5.41) is 0. The van der Waals surface area contributed by atoms with Gasteiger partial charge in [0, 0.05) is 11.3 Å². The largest absolute Gasteiger partial charge is 0.306 e. The minimum atomic E-state index is 0.153. The first kappa shape index (κ1) is 16.4. The molecule has 0 bridgehead atoms. The molecule has 1 saturated heterocycles. The maximum atomic E-state index is 5.14. The molecule has 0 radical (unpaired) electrons. The second kappa shape index (κ2) is 6.17. The highest BCUT2D eigenvalue weighted by Crippen LogP contribution is 2.49. The van der Waals surface area contributed by atoms with Gasteiger partial charge in [-0.05, 0) is 56.5 Å². The van der Waals surface area contributed by atoms with Crippen LogP contribution in [0.4, 0.5) is 0 Å². The second-order valence-electron chi connectivity index (χ2n) is 7.34. The average Bonchev–Trinajstić information content (AvgIpc) is 2.22. The van der Waals surface area contributed by atoms with Crippen LogP contribution in [0.3, 0.4) is 0 Å². The molecule has 0 aromatic rings. The Bertz CT molecular complexity index is 262. The lowest BCUT2D eigenvalue weighted by molar-refractivity contribution is 0.0639. The van der Waals surface area contributed by atoms with Gasteiger partial charge in [-0.15, -0.1) is 0 Å². The molecule has 0 aromatic heterocycles. The Hall–Kier alpha value is 0.310. The minimum Gasteiger partial charge on any atom is -0.306 e. The fraction of sp³-hybridized carbons (Fsp3) is 1.00. The maximum Gasteiger partial charge on any atom is 0.0172 e. The number of hydrogen-bond acceptors (Lipinski definition) is 2. The summed E-state index contributed by atoms with van der Waals surface area (Å²) in [4.78, 5) is 2.54. The fourth-order valence-corrected chi connectivity index (χ4v) is 4.54. The number of hydrogen-bond donors (Lipinski definition) is 1. The molecule has 1 aliphatic heterocycles. The van der Waals surface area contributed by atoms with Crippen molar-refractivity contribution in [2.45, 2.75) is 65.0 Å². The molecule has 0 N–H and O–H groups in total. The van der Waals surface area contributed by atoms with Gasteiger partial charge in [0.05, 0.1) is 0 Å². The van der Waals surface area contributed by atoms with Crippen molar-refractivity contribution in [3.63, 3.8) is 0 Å². The molecule has 1 fully saturated rings. The highest BCUT2D eigenvalue weighted by Gasteiger charge is 2.46. The average molecular weight is 272 g/mol. The van der Waals surface area contributed by atoms with E-state index in [4.69, 9.17) is 12.6 Å². The van der Waals surface area contributed by atoms with E-state index < -0.39 is 0 Å². The number of rotatable bonds is 3. The summed E-state index contributed by atoms with van der Waals surface area (Å²) in [5.74, 6) is 1.54. The monoisotopic (exact) mass is 271 g/mol. The van der Waals surface area contributed by atoms with Crippen molar-refractivity contribution in [2.24, 2.45) is 17.3 Å². The van der Waals surface area contributed by atoms with Gasteiger partial charge < -0.3 is 4.90 Å². The summed E-state index contributed by atoms with van der Waals surface area (Å²) in [6, 6.07) is 0. The Kier molecular flexibility index (Phi) is 5.61. The Morgan fingerprint density at radius 3 is 2.50 bits per heavy atom. The van der Waals surface area contributed by atoms with Gasteiger partial charge >= 0.3 is 0 Å². The van der Waals surface area contributed by atoms with Crippen molar-refractivity contribution >= 4 is 12.6 Å². The van der Waals surface area contributed by atoms with Crippen molar-refractivity contribution in [1.29, 1.82) is 0 Å². The molecule has 3 atom stereocenters. The Balaban J connectivity index is 3.04. The first-order chi connectivity index (χ1) is 8.22. The lowest BCUT2D eigenvalue weighted by atomic mass is 9.64. The molecular weight excluding hydrogens is 238 g/mol. The van der Waals surface area contributed by atoms with E-state index in [0.717, 1.165) is 11.8 Å². The predicted octanol–water partition coefficient (Wildman–Crippen LogP) is 4.48. The first-order valence-corrected chi connectivity index (χ1v) is 8.08. The molecule has 0 saturated carbocycles. The third-order valence-corrected chi connectivity index (χ3v) is 5.60. The van der Waals surface area contributed by atoms with E-state index in [9.17, 15) is 0 Å². The molecular formula is C16H33NS. The first-order valence-electron chi connectivity index (χ1n) is 7.63. The van der Waals surface area contributed by atoms with Gasteiger partial charge in [-0.3, -0.25) is 0 Å². The molecule has 1 heterocycles. The molecule has 0 amide bonds. The normalized spacial score (nSPS) is 39.7. The molecule has 2 heteroatoms. The van der Waals surface area contributed by atoms with E-state index >= 15 is 0 Å². The summed E-state index contributed by atoms with van der Waals surface area (Å²) in [6.45, 7) is 14.3. The van der Waals surface area contributed by atoms with Crippen molar-refractivity contribution in [3.05, 3.63) is 0 Å². The van der Waals surface area contributed by atoms with E-state index in [0.29, 0.717) is 5.41 Å². The molecule has 1 aliphatic rings. The predicted molar refractivity (Wildman–Crippen MR) is 85.5 cm³/mol. The van der Waals surface area contributed by atoms with Gasteiger partial charge in [0.2, 0.25) is 0 Å². The SMILES string of the molecule is CCC1(CC(C)C)CN(C)CCC(C)CC1(C)S. The quantitative estimate of drug-likeness (QED) is 0.741. The molecule has 0 aliphatic carbocycles. The highest BCUT2D eigenvalue weighted by molar-refractivity contribution is 7.81. The Morgan fingerprint density at radius 2 is 2.00 bits per heavy atom. The van der Waals surface area contributed by atoms with E-state index in [2.05, 4.69) is 46.6 Å². The standard InChI is InChI=1S/C16H33NS/c1-7-16(10-13(2)3)12-17(6)9-8-14(4)11-15(16,5)18/h13-14,18H,7-12H2,1-6H3. The Morgan fingerprint density at radius 1 is 1.39 bits per heavy atom. The molecule has 0 spiro atoms. The second-order valence-corrected chi connectivity index (χ2v) is 8.33. The molecule has 1 nitrogen and oxygen atoms in total. The highest BCUT2D eigenvalue weighted by atomic mass is 32.1. The molecule has 18 heavy (non-hydrogen) atoms. The van der Waals surface area contributed by atoms with Gasteiger partial charge in [-0.1, -0.05) is 34.6 Å². The van der Waals surface area contributed by atoms with Gasteiger partial charge in [0.1, 0.15) is 0 Å². The fourth-order valence-electron chi connectivity index (χ4n) is 3.91. The summed E-state index contributed by atoms with van der Waals surface area (Å²) < 4.78 is 0.153. The minimum absolute atomic E-state index is 0.153. The van der Waals surface area contributed by atoms with Gasteiger partial charge in [0.15, 0.2) is 0 Å². The molecule has 0 aromatic carbocycles. The van der Waals surface area contributed by atoms with Crippen molar-refractivity contribution in [1.82, 2.24) is 4.90 Å². The van der Waals surface area contributed by atoms with Crippen LogP contribution in [-0.2, 0) is 0 Å². The number of likely N-dealkylation sites (tertiary alicyclic amines) is 1. The maximum absolute atomic E-state index is 5.14. The van der Waals surface area contributed by atoms with E-state index in [1.54, 1.807) is 0 Å². The topological polar surface area (TPSA) is 3.24 Å². The number of nitrogens with zero attached hydrogens (tertiary/aromatic N) is 1. The van der Waals surface area contributed by atoms with E-state index in [1.165, 1.54) is 38.8 Å². The van der Waals surface area contributed by atoms with Crippen molar-refractivity contribution in [2.75, 3.05) is 20.1 Å². The lowest BCUT2D eigenvalue weighted by Crippen LogP contribution is -2.52. The lowest BCUT2D eigenvalue weighted by Gasteiger charge is -2.51. The van der Waals surface area contributed by atoms with Crippen LogP contribution in [0.15, 0.2) is 0 Å². The van der Waals surface area contributed by atoms with Crippen LogP contribution in [-0.4, -0.2) is 29.8 Å². The Labute approximate surface area is 120 Å². The van der Waals surface area contributed by atoms with Crippen LogP contribution in [0, 0.1) is 17.3 Å². The van der Waals surface area contributed by atoms with Crippen LogP contribution in [0.1, 0.15) is 60.3 Å². The molecule has 108 valence electrons. The summed E-state index contributed by atoms with van der Waals surface area (Å²) in [6.07, 6.45) is 5.10. The van der Waals surface area contributed by atoms with Gasteiger partial charge in [-0.25, -0.2) is 0 Å². The summed E-state index contributed by atoms with van der Waals surface area (Å²) in [7, 11) is 2.28. The van der Waals surface area contributed by atoms with Gasteiger partial charge in [0.25, 0.3) is 0 Å². The van der Waals surface area contributed by atoms with Crippen LogP contribution in [0.25, 0.3) is 0 Å². The van der Waals surface area contributed by atoms with Crippen molar-refractivity contribution < 1.29 is 0 Å². The van der Waals surface area contributed by atoms with Crippen LogP contribution < -0.4 is 0 Å². The third-order valence-electron chi connectivity index (χ3n) is 4.94. The van der Waals surface area contributed by atoms with Crippen LogP contribution >= 0.6 is 12.6 Å². The zero-order valence-corrected chi connectivity index (χ0v) is 14.2. The third kappa shape index (κ3) is 3.66. The number of thiol groups is 1. The molecule has 3 unspecified atom stereocenters. The zero-order valence-electron chi connectivity index (χ0n) is 13.3. The van der Waals surface area contributed by atoms with Crippen molar-refractivity contribution in [3.8, 4) is 0 Å². The summed E-state index contributed by atoms with van der Waals surface area (Å²) >= 11 is 5.14. The van der Waals surface area contributed by atoms with Gasteiger partial charge in [-0.2, -0.15) is 12.6 Å². The van der Waals surface area contributed by atoms with Crippen LogP contribution in [0.5, 0.6) is 0 Å². The van der Waals surface area contributed by atoms with E-state index in [1.807, 2.05) is 0 Å².